The molecule has 16 heavy (non-hydrogen) atoms. The van der Waals surface area contributed by atoms with E-state index in [4.69, 9.17) is 12.2 Å². The minimum atomic E-state index is 0.893. The largest absolute Gasteiger partial charge is 0.354 e. The first-order valence-electron chi connectivity index (χ1n) is 5.18. The summed E-state index contributed by atoms with van der Waals surface area (Å²) in [7, 11) is 0. The third-order valence-electron chi connectivity index (χ3n) is 2.55. The normalized spacial score (nSPS) is 13.3. The van der Waals surface area contributed by atoms with Gasteiger partial charge in [-0.1, -0.05) is 49.1 Å². The molecule has 0 aliphatic carbocycles. The van der Waals surface area contributed by atoms with Crippen LogP contribution in [0.25, 0.3) is 23.1 Å². The summed E-state index contributed by atoms with van der Waals surface area (Å²) in [5, 5.41) is 3.17. The Morgan fingerprint density at radius 2 is 2.06 bits per heavy atom. The van der Waals surface area contributed by atoms with Gasteiger partial charge in [0.25, 0.3) is 0 Å². The first kappa shape index (κ1) is 10.8. The van der Waals surface area contributed by atoms with Gasteiger partial charge in [-0.25, -0.2) is 0 Å². The fraction of sp³-hybridized carbons (Fsp3) is 0.0714. The molecule has 0 amide bonds. The number of allylic oxidation sites excluding steroid dienone is 1. The number of H-pyrrole nitrogens is 1. The zero-order valence-electron chi connectivity index (χ0n) is 9.16. The molecule has 0 atom stereocenters. The summed E-state index contributed by atoms with van der Waals surface area (Å²) >= 11 is 5.49. The summed E-state index contributed by atoms with van der Waals surface area (Å²) in [5.41, 5.74) is 1.06. The standard InChI is InChI=1S/C14H13NS/c1-3-7-12-10(4-2)14(16)11-8-5-6-9-13(11)15-12/h3-9,15H,1H2,2H3/b10-4+,12-7+. The van der Waals surface area contributed by atoms with Gasteiger partial charge < -0.3 is 4.98 Å². The van der Waals surface area contributed by atoms with Crippen LogP contribution < -0.4 is 10.6 Å². The Bertz CT molecular complexity index is 708. The van der Waals surface area contributed by atoms with Crippen LogP contribution in [0.2, 0.25) is 0 Å². The molecule has 0 spiro atoms. The zero-order valence-corrected chi connectivity index (χ0v) is 9.97. The van der Waals surface area contributed by atoms with E-state index < -0.39 is 0 Å². The molecule has 1 aromatic carbocycles. The molecule has 0 bridgehead atoms. The van der Waals surface area contributed by atoms with Crippen molar-refractivity contribution in [2.45, 2.75) is 6.92 Å². The van der Waals surface area contributed by atoms with Gasteiger partial charge in [-0.15, -0.1) is 0 Å². The molecular weight excluding hydrogens is 214 g/mol. The van der Waals surface area contributed by atoms with E-state index in [1.165, 1.54) is 0 Å². The Morgan fingerprint density at radius 1 is 1.31 bits per heavy atom. The van der Waals surface area contributed by atoms with E-state index in [2.05, 4.69) is 11.6 Å². The van der Waals surface area contributed by atoms with Crippen LogP contribution in [0.3, 0.4) is 0 Å². The summed E-state index contributed by atoms with van der Waals surface area (Å²) in [6.07, 6.45) is 5.74. The Hall–Kier alpha value is -1.67. The number of nitrogens with one attached hydrogen (secondary N) is 1. The maximum Gasteiger partial charge on any atom is 0.0560 e. The molecule has 2 rings (SSSR count). The Labute approximate surface area is 99.4 Å². The Kier molecular flexibility index (Phi) is 3.02. The average molecular weight is 227 g/mol. The van der Waals surface area contributed by atoms with E-state index in [-0.39, 0.29) is 0 Å². The average Bonchev–Trinajstić information content (AvgIpc) is 2.30. The minimum absolute atomic E-state index is 0.893. The van der Waals surface area contributed by atoms with Crippen molar-refractivity contribution in [3.63, 3.8) is 0 Å². The topological polar surface area (TPSA) is 15.8 Å². The van der Waals surface area contributed by atoms with E-state index in [1.54, 1.807) is 6.08 Å². The Morgan fingerprint density at radius 3 is 2.75 bits per heavy atom. The summed E-state index contributed by atoms with van der Waals surface area (Å²) in [5.74, 6) is 0. The maximum atomic E-state index is 5.49. The third kappa shape index (κ3) is 1.72. The van der Waals surface area contributed by atoms with E-state index in [1.807, 2.05) is 43.3 Å². The number of hydrogen-bond donors (Lipinski definition) is 1. The van der Waals surface area contributed by atoms with Gasteiger partial charge in [-0.3, -0.25) is 0 Å². The molecular formula is C14H13NS. The van der Waals surface area contributed by atoms with Crippen molar-refractivity contribution in [2.24, 2.45) is 0 Å². The molecule has 0 saturated carbocycles. The van der Waals surface area contributed by atoms with Crippen molar-refractivity contribution >= 4 is 35.3 Å². The molecule has 0 saturated heterocycles. The highest BCUT2D eigenvalue weighted by Gasteiger charge is 1.96. The lowest BCUT2D eigenvalue weighted by molar-refractivity contribution is 1.28. The van der Waals surface area contributed by atoms with Gasteiger partial charge in [0.15, 0.2) is 0 Å². The molecule has 1 N–H and O–H groups in total. The van der Waals surface area contributed by atoms with Crippen molar-refractivity contribution in [2.75, 3.05) is 0 Å². The highest BCUT2D eigenvalue weighted by Crippen LogP contribution is 2.07. The van der Waals surface area contributed by atoms with Crippen molar-refractivity contribution in [3.05, 3.63) is 52.0 Å². The predicted octanol–water partition coefficient (Wildman–Crippen LogP) is 2.66. The van der Waals surface area contributed by atoms with Crippen LogP contribution in [0.15, 0.2) is 36.9 Å². The molecule has 80 valence electrons. The highest BCUT2D eigenvalue weighted by molar-refractivity contribution is 7.71. The van der Waals surface area contributed by atoms with Crippen molar-refractivity contribution in [1.29, 1.82) is 0 Å². The molecule has 2 aromatic rings. The predicted molar refractivity (Wildman–Crippen MR) is 73.2 cm³/mol. The summed E-state index contributed by atoms with van der Waals surface area (Å²) in [6, 6.07) is 8.08. The zero-order chi connectivity index (χ0) is 11.5. The molecule has 0 aliphatic heterocycles. The number of aromatic nitrogens is 1. The van der Waals surface area contributed by atoms with Crippen LogP contribution >= 0.6 is 12.2 Å². The fourth-order valence-electron chi connectivity index (χ4n) is 1.81. The van der Waals surface area contributed by atoms with Crippen LogP contribution in [0.5, 0.6) is 0 Å². The quantitative estimate of drug-likeness (QED) is 0.741. The van der Waals surface area contributed by atoms with Gasteiger partial charge >= 0.3 is 0 Å². The first-order valence-corrected chi connectivity index (χ1v) is 5.59. The van der Waals surface area contributed by atoms with Crippen LogP contribution in [-0.2, 0) is 0 Å². The lowest BCUT2D eigenvalue weighted by atomic mass is 10.2. The van der Waals surface area contributed by atoms with Gasteiger partial charge in [0.2, 0.25) is 0 Å². The molecule has 1 aromatic heterocycles. The number of benzene rings is 1. The van der Waals surface area contributed by atoms with E-state index in [0.29, 0.717) is 0 Å². The van der Waals surface area contributed by atoms with Crippen LogP contribution in [0.4, 0.5) is 0 Å². The molecule has 2 heteroatoms. The monoisotopic (exact) mass is 227 g/mol. The second kappa shape index (κ2) is 4.45. The van der Waals surface area contributed by atoms with Gasteiger partial charge in [0, 0.05) is 21.5 Å². The van der Waals surface area contributed by atoms with Crippen LogP contribution in [0.1, 0.15) is 6.92 Å². The van der Waals surface area contributed by atoms with Gasteiger partial charge in [0.1, 0.15) is 0 Å². The maximum absolute atomic E-state index is 5.49. The van der Waals surface area contributed by atoms with Crippen molar-refractivity contribution in [1.82, 2.24) is 4.98 Å². The lowest BCUT2D eigenvalue weighted by Gasteiger charge is -1.99. The molecule has 0 radical (unpaired) electrons. The molecule has 0 aliphatic rings. The molecule has 0 unspecified atom stereocenters. The number of pyridine rings is 1. The third-order valence-corrected chi connectivity index (χ3v) is 2.99. The number of hydrogen-bond acceptors (Lipinski definition) is 1. The first-order chi connectivity index (χ1) is 7.77. The summed E-state index contributed by atoms with van der Waals surface area (Å²) in [6.45, 7) is 5.71. The summed E-state index contributed by atoms with van der Waals surface area (Å²) < 4.78 is 0.893. The van der Waals surface area contributed by atoms with Gasteiger partial charge in [0.05, 0.1) is 4.51 Å². The Balaban J connectivity index is 3.12. The smallest absolute Gasteiger partial charge is 0.0560 e. The van der Waals surface area contributed by atoms with E-state index >= 15 is 0 Å². The van der Waals surface area contributed by atoms with Crippen molar-refractivity contribution in [3.8, 4) is 0 Å². The summed E-state index contributed by atoms with van der Waals surface area (Å²) in [4.78, 5) is 3.36. The molecule has 0 fully saturated rings. The second-order valence-corrected chi connectivity index (χ2v) is 3.93. The molecule has 1 heterocycles. The SMILES string of the molecule is C=C/C=c1/[nH]c2ccccc2c(=S)/c1=C/C. The van der Waals surface area contributed by atoms with Gasteiger partial charge in [-0.2, -0.15) is 0 Å². The highest BCUT2D eigenvalue weighted by atomic mass is 32.1. The van der Waals surface area contributed by atoms with Crippen molar-refractivity contribution < 1.29 is 0 Å². The number of para-hydroxylation sites is 1. The van der Waals surface area contributed by atoms with Gasteiger partial charge in [-0.05, 0) is 19.1 Å². The van der Waals surface area contributed by atoms with E-state index in [0.717, 1.165) is 26.0 Å². The second-order valence-electron chi connectivity index (χ2n) is 3.52. The van der Waals surface area contributed by atoms with E-state index in [9.17, 15) is 0 Å². The number of aromatic amines is 1. The van der Waals surface area contributed by atoms with Crippen LogP contribution in [0, 0.1) is 4.51 Å². The lowest BCUT2D eigenvalue weighted by Crippen LogP contribution is -2.28. The fourth-order valence-corrected chi connectivity index (χ4v) is 2.21. The minimum Gasteiger partial charge on any atom is -0.354 e. The molecule has 1 nitrogen and oxygen atoms in total. The number of rotatable bonds is 1. The number of fused-ring (bicyclic) bond motifs is 1. The van der Waals surface area contributed by atoms with Crippen LogP contribution in [-0.4, -0.2) is 4.98 Å².